The van der Waals surface area contributed by atoms with Crippen LogP contribution < -0.4 is 5.73 Å². The zero-order chi connectivity index (χ0) is 16.3. The van der Waals surface area contributed by atoms with E-state index in [4.69, 9.17) is 28.9 Å². The van der Waals surface area contributed by atoms with Gasteiger partial charge in [-0.2, -0.15) is 4.31 Å². The first-order valence-corrected chi connectivity index (χ1v) is 8.99. The quantitative estimate of drug-likeness (QED) is 0.829. The summed E-state index contributed by atoms with van der Waals surface area (Å²) in [6.07, 6.45) is 0.277. The highest BCUT2D eigenvalue weighted by Crippen LogP contribution is 2.27. The predicted molar refractivity (Wildman–Crippen MR) is 92.7 cm³/mol. The average Bonchev–Trinajstić information content (AvgIpc) is 2.50. The Bertz CT molecular complexity index is 662. The highest BCUT2D eigenvalue weighted by Gasteiger charge is 2.30. The van der Waals surface area contributed by atoms with E-state index in [0.29, 0.717) is 24.7 Å². The van der Waals surface area contributed by atoms with Gasteiger partial charge in [0, 0.05) is 39.1 Å². The van der Waals surface area contributed by atoms with Crippen molar-refractivity contribution in [1.82, 2.24) is 9.21 Å². The molecule has 6 nitrogen and oxygen atoms in total. The molecule has 1 fully saturated rings. The van der Waals surface area contributed by atoms with Crippen LogP contribution in [-0.4, -0.2) is 56.3 Å². The van der Waals surface area contributed by atoms with Crippen molar-refractivity contribution in [3.63, 3.8) is 0 Å². The molecule has 10 heteroatoms. The van der Waals surface area contributed by atoms with Crippen LogP contribution in [0.4, 0.5) is 0 Å². The Hall–Kier alpha value is -0.570. The number of nitrogens with zero attached hydrogens (tertiary/aromatic N) is 2. The smallest absolute Gasteiger partial charge is 0.243 e. The Kier molecular flexibility index (Phi) is 7.57. The monoisotopic (exact) mass is 401 g/mol. The molecule has 130 valence electrons. The number of amides is 1. The normalized spacial score (nSPS) is 16.0. The van der Waals surface area contributed by atoms with E-state index < -0.39 is 10.0 Å². The molecule has 2 N–H and O–H groups in total. The molecule has 0 unspecified atom stereocenters. The summed E-state index contributed by atoms with van der Waals surface area (Å²) < 4.78 is 26.5. The van der Waals surface area contributed by atoms with Crippen LogP contribution in [0.1, 0.15) is 6.42 Å². The third kappa shape index (κ3) is 4.71. The largest absolute Gasteiger partial charge is 0.340 e. The molecule has 1 aromatic rings. The van der Waals surface area contributed by atoms with Crippen molar-refractivity contribution < 1.29 is 13.2 Å². The van der Waals surface area contributed by atoms with Gasteiger partial charge in [-0.25, -0.2) is 8.42 Å². The van der Waals surface area contributed by atoms with Crippen LogP contribution in [0.3, 0.4) is 0 Å². The highest BCUT2D eigenvalue weighted by atomic mass is 35.5. The number of hydrogen-bond donors (Lipinski definition) is 1. The molecule has 23 heavy (non-hydrogen) atoms. The van der Waals surface area contributed by atoms with Gasteiger partial charge in [0.05, 0.1) is 14.9 Å². The van der Waals surface area contributed by atoms with E-state index in [1.807, 2.05) is 0 Å². The minimum Gasteiger partial charge on any atom is -0.340 e. The molecule has 0 spiro atoms. The van der Waals surface area contributed by atoms with E-state index in [0.717, 1.165) is 0 Å². The van der Waals surface area contributed by atoms with E-state index in [-0.39, 0.29) is 47.7 Å². The molecule has 1 aliphatic rings. The Morgan fingerprint density at radius 3 is 2.26 bits per heavy atom. The van der Waals surface area contributed by atoms with Crippen LogP contribution in [0.25, 0.3) is 0 Å². The van der Waals surface area contributed by atoms with Gasteiger partial charge in [-0.15, -0.1) is 12.4 Å². The predicted octanol–water partition coefficient (Wildman–Crippen LogP) is 1.60. The minimum atomic E-state index is -3.64. The van der Waals surface area contributed by atoms with E-state index in [2.05, 4.69) is 0 Å². The van der Waals surface area contributed by atoms with Crippen molar-refractivity contribution in [1.29, 1.82) is 0 Å². The van der Waals surface area contributed by atoms with Crippen molar-refractivity contribution in [2.24, 2.45) is 5.73 Å². The number of hydrogen-bond acceptors (Lipinski definition) is 4. The summed E-state index contributed by atoms with van der Waals surface area (Å²) >= 11 is 11.7. The number of rotatable bonds is 4. The molecule has 1 saturated heterocycles. The number of benzene rings is 1. The lowest BCUT2D eigenvalue weighted by molar-refractivity contribution is -0.132. The van der Waals surface area contributed by atoms with Crippen LogP contribution in [0.2, 0.25) is 10.0 Å². The fourth-order valence-electron chi connectivity index (χ4n) is 2.25. The summed E-state index contributed by atoms with van der Waals surface area (Å²) in [5, 5.41) is 0.498. The number of sulfonamides is 1. The number of halogens is 3. The minimum absolute atomic E-state index is 0. The highest BCUT2D eigenvalue weighted by molar-refractivity contribution is 7.89. The Balaban J connectivity index is 0.00000264. The molecule has 1 heterocycles. The molecular weight excluding hydrogens is 385 g/mol. The molecule has 0 aromatic heterocycles. The number of carbonyl (C=O) groups is 1. The molecule has 2 rings (SSSR count). The third-order valence-corrected chi connectivity index (χ3v) is 6.11. The van der Waals surface area contributed by atoms with Crippen LogP contribution in [0, 0.1) is 0 Å². The van der Waals surface area contributed by atoms with Crippen LogP contribution in [0.15, 0.2) is 23.1 Å². The SMILES string of the molecule is Cl.NCCC(=O)N1CCN(S(=O)(=O)c2ccc(Cl)c(Cl)c2)CC1. The summed E-state index contributed by atoms with van der Waals surface area (Å²) in [4.78, 5) is 13.5. The summed E-state index contributed by atoms with van der Waals surface area (Å²) in [5.41, 5.74) is 5.36. The summed E-state index contributed by atoms with van der Waals surface area (Å²) in [6, 6.07) is 4.22. The molecule has 0 bridgehead atoms. The molecule has 0 atom stereocenters. The van der Waals surface area contributed by atoms with Crippen molar-refractivity contribution in [2.75, 3.05) is 32.7 Å². The number of nitrogens with two attached hydrogens (primary N) is 1. The lowest BCUT2D eigenvalue weighted by Gasteiger charge is -2.34. The van der Waals surface area contributed by atoms with Crippen molar-refractivity contribution in [2.45, 2.75) is 11.3 Å². The summed E-state index contributed by atoms with van der Waals surface area (Å²) in [5.74, 6) is -0.0471. The first-order chi connectivity index (χ1) is 10.4. The second-order valence-electron chi connectivity index (χ2n) is 4.90. The molecule has 1 aliphatic heterocycles. The Morgan fingerprint density at radius 2 is 1.74 bits per heavy atom. The zero-order valence-corrected chi connectivity index (χ0v) is 15.4. The van der Waals surface area contributed by atoms with Crippen LogP contribution in [-0.2, 0) is 14.8 Å². The molecule has 0 aliphatic carbocycles. The van der Waals surface area contributed by atoms with Crippen molar-refractivity contribution in [3.8, 4) is 0 Å². The van der Waals surface area contributed by atoms with Gasteiger partial charge < -0.3 is 10.6 Å². The first-order valence-electron chi connectivity index (χ1n) is 6.79. The van der Waals surface area contributed by atoms with Crippen LogP contribution in [0.5, 0.6) is 0 Å². The van der Waals surface area contributed by atoms with Gasteiger partial charge in [0.2, 0.25) is 15.9 Å². The van der Waals surface area contributed by atoms with E-state index in [9.17, 15) is 13.2 Å². The lowest BCUT2D eigenvalue weighted by Crippen LogP contribution is -2.50. The van der Waals surface area contributed by atoms with Gasteiger partial charge in [0.1, 0.15) is 0 Å². The topological polar surface area (TPSA) is 83.7 Å². The average molecular weight is 403 g/mol. The second-order valence-corrected chi connectivity index (χ2v) is 7.65. The lowest BCUT2D eigenvalue weighted by atomic mass is 10.3. The third-order valence-electron chi connectivity index (χ3n) is 3.48. The van der Waals surface area contributed by atoms with E-state index in [1.165, 1.54) is 22.5 Å². The Labute approximate surface area is 152 Å². The first kappa shape index (κ1) is 20.5. The van der Waals surface area contributed by atoms with E-state index >= 15 is 0 Å². The van der Waals surface area contributed by atoms with E-state index in [1.54, 1.807) is 4.90 Å². The summed E-state index contributed by atoms with van der Waals surface area (Å²) in [6.45, 7) is 1.51. The molecule has 1 amide bonds. The second kappa shape index (κ2) is 8.50. The maximum atomic E-state index is 12.6. The van der Waals surface area contributed by atoms with Gasteiger partial charge in [-0.3, -0.25) is 4.79 Å². The maximum absolute atomic E-state index is 12.6. The number of piperazine rings is 1. The van der Waals surface area contributed by atoms with Crippen molar-refractivity contribution in [3.05, 3.63) is 28.2 Å². The van der Waals surface area contributed by atoms with Gasteiger partial charge in [-0.05, 0) is 18.2 Å². The fraction of sp³-hybridized carbons (Fsp3) is 0.462. The van der Waals surface area contributed by atoms with Crippen LogP contribution >= 0.6 is 35.6 Å². The van der Waals surface area contributed by atoms with Gasteiger partial charge >= 0.3 is 0 Å². The Morgan fingerprint density at radius 1 is 1.13 bits per heavy atom. The molecule has 0 saturated carbocycles. The number of carbonyl (C=O) groups excluding carboxylic acids is 1. The standard InChI is InChI=1S/C13H17Cl2N3O3S.ClH/c14-11-2-1-10(9-12(11)15)22(20,21)18-7-5-17(6-8-18)13(19)3-4-16;/h1-2,9H,3-8,16H2;1H. The molecule has 1 aromatic carbocycles. The van der Waals surface area contributed by atoms with Gasteiger partial charge in [0.25, 0.3) is 0 Å². The summed E-state index contributed by atoms with van der Waals surface area (Å²) in [7, 11) is -3.64. The maximum Gasteiger partial charge on any atom is 0.243 e. The molecular formula is C13H18Cl3N3O3S. The molecule has 0 radical (unpaired) electrons. The zero-order valence-electron chi connectivity index (χ0n) is 12.2. The van der Waals surface area contributed by atoms with Gasteiger partial charge in [-0.1, -0.05) is 23.2 Å². The van der Waals surface area contributed by atoms with Crippen molar-refractivity contribution >= 4 is 51.5 Å². The van der Waals surface area contributed by atoms with Gasteiger partial charge in [0.15, 0.2) is 0 Å². The fourth-order valence-corrected chi connectivity index (χ4v) is 4.06.